The smallest absolute Gasteiger partial charge is 0.243 e. The fourth-order valence-corrected chi connectivity index (χ4v) is 5.61. The van der Waals surface area contributed by atoms with Crippen LogP contribution in [0, 0.1) is 0 Å². The van der Waals surface area contributed by atoms with E-state index < -0.39 is 28.5 Å². The van der Waals surface area contributed by atoms with E-state index in [1.165, 1.54) is 18.0 Å². The van der Waals surface area contributed by atoms with Crippen LogP contribution in [0.4, 0.5) is 0 Å². The van der Waals surface area contributed by atoms with Gasteiger partial charge in [0.1, 0.15) is 6.04 Å². The van der Waals surface area contributed by atoms with Crippen molar-refractivity contribution in [3.8, 4) is 0 Å². The van der Waals surface area contributed by atoms with Crippen molar-refractivity contribution in [1.29, 1.82) is 0 Å². The van der Waals surface area contributed by atoms with Gasteiger partial charge in [-0.3, -0.25) is 9.59 Å². The Morgan fingerprint density at radius 2 is 1.58 bits per heavy atom. The van der Waals surface area contributed by atoms with E-state index in [1.54, 1.807) is 44.2 Å². The number of rotatable bonds is 10. The molecule has 3 rings (SSSR count). The molecule has 10 heteroatoms. The number of carbonyl (C=O) groups excluding carboxylic acids is 2. The molecule has 1 atom stereocenters. The van der Waals surface area contributed by atoms with Gasteiger partial charge < -0.3 is 10.2 Å². The van der Waals surface area contributed by atoms with E-state index in [1.807, 2.05) is 24.3 Å². The van der Waals surface area contributed by atoms with E-state index >= 15 is 0 Å². The summed E-state index contributed by atoms with van der Waals surface area (Å²) in [4.78, 5) is 27.8. The molecular weight excluding hydrogens is 521 g/mol. The third kappa shape index (κ3) is 6.18. The molecule has 0 spiro atoms. The van der Waals surface area contributed by atoms with E-state index in [0.717, 1.165) is 15.1 Å². The Bertz CT molecular complexity index is 1340. The molecule has 1 N–H and O–H groups in total. The zero-order chi connectivity index (χ0) is 26.5. The van der Waals surface area contributed by atoms with Crippen molar-refractivity contribution in [3.63, 3.8) is 0 Å². The molecule has 3 aromatic carbocycles. The van der Waals surface area contributed by atoms with Crippen LogP contribution in [0.2, 0.25) is 10.0 Å². The number of fused-ring (bicyclic) bond motifs is 1. The molecule has 0 unspecified atom stereocenters. The van der Waals surface area contributed by atoms with Gasteiger partial charge >= 0.3 is 0 Å². The quantitative estimate of drug-likeness (QED) is 0.396. The molecule has 0 aliphatic rings. The van der Waals surface area contributed by atoms with E-state index in [2.05, 4.69) is 5.32 Å². The van der Waals surface area contributed by atoms with Crippen molar-refractivity contribution in [3.05, 3.63) is 76.3 Å². The summed E-state index contributed by atoms with van der Waals surface area (Å²) in [5.74, 6) is -0.882. The summed E-state index contributed by atoms with van der Waals surface area (Å²) in [6, 6.07) is 16.4. The van der Waals surface area contributed by atoms with E-state index in [9.17, 15) is 18.0 Å². The van der Waals surface area contributed by atoms with Crippen molar-refractivity contribution in [2.75, 3.05) is 20.1 Å². The largest absolute Gasteiger partial charge is 0.355 e. The Labute approximate surface area is 222 Å². The third-order valence-electron chi connectivity index (χ3n) is 5.91. The molecule has 0 aromatic heterocycles. The fraction of sp³-hybridized carbons (Fsp3) is 0.308. The second kappa shape index (κ2) is 12.1. The summed E-state index contributed by atoms with van der Waals surface area (Å²) in [7, 11) is -2.63. The minimum atomic E-state index is -3.98. The third-order valence-corrected chi connectivity index (χ3v) is 8.42. The number of hydrogen-bond acceptors (Lipinski definition) is 4. The molecule has 0 fully saturated rings. The summed E-state index contributed by atoms with van der Waals surface area (Å²) < 4.78 is 27.6. The predicted molar refractivity (Wildman–Crippen MR) is 144 cm³/mol. The normalized spacial score (nSPS) is 12.5. The first-order valence-electron chi connectivity index (χ1n) is 11.5. The molecule has 0 heterocycles. The molecule has 0 saturated heterocycles. The van der Waals surface area contributed by atoms with Crippen LogP contribution < -0.4 is 5.32 Å². The molecule has 0 bridgehead atoms. The lowest BCUT2D eigenvalue weighted by atomic mass is 10.1. The predicted octanol–water partition coefficient (Wildman–Crippen LogP) is 4.71. The maximum Gasteiger partial charge on any atom is 0.243 e. The molecule has 0 radical (unpaired) electrons. The lowest BCUT2D eigenvalue weighted by Gasteiger charge is -2.32. The minimum absolute atomic E-state index is 0.0448. The molecule has 3 aromatic rings. The van der Waals surface area contributed by atoms with Crippen molar-refractivity contribution >= 4 is 55.8 Å². The number of amides is 2. The number of halogens is 2. The number of hydrogen-bond donors (Lipinski definition) is 1. The number of likely N-dealkylation sites (N-methyl/N-ethyl adjacent to an activating group) is 2. The molecule has 36 heavy (non-hydrogen) atoms. The summed E-state index contributed by atoms with van der Waals surface area (Å²) in [5.41, 5.74) is 0.483. The van der Waals surface area contributed by atoms with Crippen molar-refractivity contribution in [1.82, 2.24) is 14.5 Å². The van der Waals surface area contributed by atoms with Gasteiger partial charge in [-0.15, -0.1) is 0 Å². The van der Waals surface area contributed by atoms with Crippen LogP contribution in [-0.4, -0.2) is 55.6 Å². The summed E-state index contributed by atoms with van der Waals surface area (Å²) in [6.07, 6.45) is 0.320. The Morgan fingerprint density at radius 1 is 0.944 bits per heavy atom. The first-order valence-corrected chi connectivity index (χ1v) is 13.7. The first-order chi connectivity index (χ1) is 17.1. The Kier molecular flexibility index (Phi) is 9.35. The van der Waals surface area contributed by atoms with Crippen molar-refractivity contribution in [2.24, 2.45) is 0 Å². The molecule has 2 amide bonds. The van der Waals surface area contributed by atoms with Crippen LogP contribution in [0.25, 0.3) is 10.8 Å². The Morgan fingerprint density at radius 3 is 2.19 bits per heavy atom. The van der Waals surface area contributed by atoms with Crippen LogP contribution in [0.5, 0.6) is 0 Å². The average Bonchev–Trinajstić information content (AvgIpc) is 2.85. The van der Waals surface area contributed by atoms with Gasteiger partial charge in [0.25, 0.3) is 0 Å². The number of sulfonamides is 1. The molecule has 7 nitrogen and oxygen atoms in total. The maximum atomic E-state index is 13.5. The fourth-order valence-electron chi connectivity index (χ4n) is 3.94. The number of benzene rings is 3. The minimum Gasteiger partial charge on any atom is -0.355 e. The lowest BCUT2D eigenvalue weighted by Crippen LogP contribution is -2.51. The highest BCUT2D eigenvalue weighted by Crippen LogP contribution is 2.27. The average molecular weight is 551 g/mol. The highest BCUT2D eigenvalue weighted by Gasteiger charge is 2.32. The van der Waals surface area contributed by atoms with Crippen LogP contribution >= 0.6 is 23.2 Å². The van der Waals surface area contributed by atoms with Crippen molar-refractivity contribution < 1.29 is 18.0 Å². The van der Waals surface area contributed by atoms with Crippen LogP contribution in [-0.2, 0) is 26.2 Å². The van der Waals surface area contributed by atoms with Gasteiger partial charge in [0.2, 0.25) is 21.8 Å². The molecule has 0 aliphatic heterocycles. The van der Waals surface area contributed by atoms with Gasteiger partial charge in [-0.2, -0.15) is 4.31 Å². The van der Waals surface area contributed by atoms with Gasteiger partial charge in [0, 0.05) is 35.7 Å². The Balaban J connectivity index is 1.92. The monoisotopic (exact) mass is 549 g/mol. The second-order valence-corrected chi connectivity index (χ2v) is 11.2. The Hall–Kier alpha value is -2.65. The lowest BCUT2D eigenvalue weighted by molar-refractivity contribution is -0.141. The summed E-state index contributed by atoms with van der Waals surface area (Å²) in [5, 5.41) is 5.12. The van der Waals surface area contributed by atoms with Crippen LogP contribution in [0.15, 0.2) is 65.6 Å². The zero-order valence-corrected chi connectivity index (χ0v) is 22.7. The zero-order valence-electron chi connectivity index (χ0n) is 20.4. The van der Waals surface area contributed by atoms with Gasteiger partial charge in [-0.25, -0.2) is 8.42 Å². The van der Waals surface area contributed by atoms with Gasteiger partial charge in [-0.1, -0.05) is 66.5 Å². The van der Waals surface area contributed by atoms with Gasteiger partial charge in [0.05, 0.1) is 11.4 Å². The molecular formula is C26H29Cl2N3O4S. The van der Waals surface area contributed by atoms with E-state index in [0.29, 0.717) is 28.6 Å². The second-order valence-electron chi connectivity index (χ2n) is 8.31. The molecule has 0 aliphatic carbocycles. The number of nitrogens with zero attached hydrogens (tertiary/aromatic N) is 2. The van der Waals surface area contributed by atoms with Gasteiger partial charge in [0.15, 0.2) is 0 Å². The number of carbonyl (C=O) groups is 2. The highest BCUT2D eigenvalue weighted by atomic mass is 35.5. The van der Waals surface area contributed by atoms with Crippen LogP contribution in [0.3, 0.4) is 0 Å². The van der Waals surface area contributed by atoms with Gasteiger partial charge in [-0.05, 0) is 48.4 Å². The van der Waals surface area contributed by atoms with E-state index in [4.69, 9.17) is 23.2 Å². The summed E-state index contributed by atoms with van der Waals surface area (Å²) >= 11 is 12.7. The number of nitrogens with one attached hydrogen (secondary N) is 1. The molecule has 192 valence electrons. The SMILES string of the molecule is CCNC(=O)[C@H](CC)N(Cc1c(Cl)cccc1Cl)C(=O)CN(C)S(=O)(=O)c1ccc2ccccc2c1. The van der Waals surface area contributed by atoms with Crippen molar-refractivity contribution in [2.45, 2.75) is 37.8 Å². The maximum absolute atomic E-state index is 13.5. The molecule has 0 saturated carbocycles. The highest BCUT2D eigenvalue weighted by molar-refractivity contribution is 7.89. The van der Waals surface area contributed by atoms with Crippen LogP contribution in [0.1, 0.15) is 25.8 Å². The standard InChI is InChI=1S/C26H29Cl2N3O4S/c1-4-24(26(33)29-5-2)31(16-21-22(27)11-8-12-23(21)28)25(32)17-30(3)36(34,35)20-14-13-18-9-6-7-10-19(18)15-20/h6-15,24H,4-5,16-17H2,1-3H3,(H,29,33)/t24-/m0/s1. The first kappa shape index (κ1) is 27.9. The summed E-state index contributed by atoms with van der Waals surface area (Å²) in [6.45, 7) is 3.44. The topological polar surface area (TPSA) is 86.8 Å². The van der Waals surface area contributed by atoms with E-state index in [-0.39, 0.29) is 17.3 Å².